The van der Waals surface area contributed by atoms with E-state index in [2.05, 4.69) is 447 Å². The number of hydrogen-bond acceptors (Lipinski definition) is 7. The van der Waals surface area contributed by atoms with Crippen LogP contribution in [0, 0.1) is 0 Å². The largest absolute Gasteiger partial charge is 0.455 e. The number of aromatic nitrogens is 5. The van der Waals surface area contributed by atoms with Crippen LogP contribution >= 0.6 is 22.7 Å². The molecular formula is C132H77N5O5S2. The molecule has 34 aromatic rings. The van der Waals surface area contributed by atoms with Gasteiger partial charge >= 0.3 is 0 Å². The molecule has 0 aliphatic rings. The minimum atomic E-state index is 0.894. The highest BCUT2D eigenvalue weighted by atomic mass is 32.1. The molecule has 0 spiro atoms. The van der Waals surface area contributed by atoms with E-state index in [0.29, 0.717) is 0 Å². The first kappa shape index (κ1) is 80.3. The van der Waals surface area contributed by atoms with Crippen LogP contribution in [0.15, 0.2) is 489 Å². The maximum atomic E-state index is 6.60. The van der Waals surface area contributed by atoms with Crippen LogP contribution < -0.4 is 0 Å². The predicted molar refractivity (Wildman–Crippen MR) is 605 cm³/mol. The van der Waals surface area contributed by atoms with Crippen LogP contribution in [0.25, 0.3) is 299 Å². The minimum absolute atomic E-state index is 0.894. The molecule has 0 aliphatic carbocycles. The van der Waals surface area contributed by atoms with Gasteiger partial charge < -0.3 is 44.9 Å². The monoisotopic (exact) mass is 1880 g/mol. The number of hydrogen-bond donors (Lipinski definition) is 0. The average molecular weight is 1880 g/mol. The topological polar surface area (TPSA) is 90.3 Å². The van der Waals surface area contributed by atoms with Crippen LogP contribution in [0.2, 0.25) is 0 Å². The van der Waals surface area contributed by atoms with E-state index in [1.807, 2.05) is 65.1 Å². The third-order valence-electron chi connectivity index (χ3n) is 29.7. The molecule has 22 aromatic carbocycles. The number of furan rings is 5. The molecular weight excluding hydrogens is 1800 g/mol. The second-order valence-electron chi connectivity index (χ2n) is 37.4. The number of benzene rings is 22. The molecule has 0 bridgehead atoms. The Morgan fingerprint density at radius 3 is 0.965 bits per heavy atom. The van der Waals surface area contributed by atoms with Crippen molar-refractivity contribution in [2.24, 2.45) is 0 Å². The van der Waals surface area contributed by atoms with Crippen LogP contribution in [0.3, 0.4) is 0 Å². The molecule has 144 heavy (non-hydrogen) atoms. The highest BCUT2D eigenvalue weighted by Crippen LogP contribution is 2.51. The van der Waals surface area contributed by atoms with Gasteiger partial charge in [0.05, 0.1) is 92.8 Å². The summed E-state index contributed by atoms with van der Waals surface area (Å²) in [4.78, 5) is 0. The van der Waals surface area contributed by atoms with Gasteiger partial charge in [-0.3, -0.25) is 0 Å². The summed E-state index contributed by atoms with van der Waals surface area (Å²) in [5.74, 6) is 0. The molecule has 12 heteroatoms. The molecule has 0 unspecified atom stereocenters. The number of thiophene rings is 2. The van der Waals surface area contributed by atoms with E-state index in [4.69, 9.17) is 22.1 Å². The number of nitrogens with zero attached hydrogens (tertiary/aromatic N) is 5. The highest BCUT2D eigenvalue weighted by molar-refractivity contribution is 7.26. The maximum Gasteiger partial charge on any atom is 0.159 e. The van der Waals surface area contributed by atoms with Gasteiger partial charge in [0.1, 0.15) is 50.2 Å². The van der Waals surface area contributed by atoms with Gasteiger partial charge in [0.2, 0.25) is 0 Å². The maximum absolute atomic E-state index is 6.60. The Morgan fingerprint density at radius 2 is 0.458 bits per heavy atom. The van der Waals surface area contributed by atoms with E-state index in [9.17, 15) is 0 Å². The normalized spacial score (nSPS) is 12.2. The second-order valence-corrected chi connectivity index (χ2v) is 39.5. The molecule has 0 fully saturated rings. The van der Waals surface area contributed by atoms with Crippen molar-refractivity contribution in [3.63, 3.8) is 0 Å². The first-order valence-corrected chi connectivity index (χ1v) is 50.4. The summed E-state index contributed by atoms with van der Waals surface area (Å²) in [6.07, 6.45) is 0. The summed E-state index contributed by atoms with van der Waals surface area (Å²) in [5.41, 5.74) is 29.0. The third kappa shape index (κ3) is 11.9. The van der Waals surface area contributed by atoms with E-state index in [0.717, 1.165) is 149 Å². The summed E-state index contributed by atoms with van der Waals surface area (Å²) in [6, 6.07) is 166. The van der Waals surface area contributed by atoms with Crippen molar-refractivity contribution in [2.75, 3.05) is 0 Å². The summed E-state index contributed by atoms with van der Waals surface area (Å²) in [5, 5.41) is 28.6. The Balaban J connectivity index is 0.0000000884. The second kappa shape index (κ2) is 31.4. The van der Waals surface area contributed by atoms with Crippen molar-refractivity contribution < 1.29 is 22.1 Å². The zero-order valence-electron chi connectivity index (χ0n) is 77.0. The van der Waals surface area contributed by atoms with Crippen LogP contribution in [-0.4, -0.2) is 22.8 Å². The summed E-state index contributed by atoms with van der Waals surface area (Å²) in [6.45, 7) is 0. The minimum Gasteiger partial charge on any atom is -0.455 e. The van der Waals surface area contributed by atoms with Crippen molar-refractivity contribution in [3.05, 3.63) is 467 Å². The Morgan fingerprint density at radius 1 is 0.146 bits per heavy atom. The van der Waals surface area contributed by atoms with Gasteiger partial charge in [0.25, 0.3) is 0 Å². The zero-order valence-corrected chi connectivity index (χ0v) is 78.7. The average Bonchev–Trinajstić information content (AvgIpc) is 1.53. The Kier molecular flexibility index (Phi) is 17.5. The van der Waals surface area contributed by atoms with Gasteiger partial charge in [-0.1, -0.05) is 285 Å². The smallest absolute Gasteiger partial charge is 0.159 e. The van der Waals surface area contributed by atoms with E-state index < -0.39 is 0 Å². The molecule has 0 atom stereocenters. The molecule has 12 heterocycles. The zero-order chi connectivity index (χ0) is 94.0. The number of para-hydroxylation sites is 11. The Labute approximate surface area is 827 Å². The fourth-order valence-corrected chi connectivity index (χ4v) is 25.8. The quantitative estimate of drug-likeness (QED) is 0.165. The lowest BCUT2D eigenvalue weighted by Gasteiger charge is -2.11. The predicted octanol–water partition coefficient (Wildman–Crippen LogP) is 38.1. The molecule has 0 saturated heterocycles. The van der Waals surface area contributed by atoms with E-state index in [1.54, 1.807) is 0 Å². The Hall–Kier alpha value is -18.7. The van der Waals surface area contributed by atoms with Crippen molar-refractivity contribution in [1.29, 1.82) is 0 Å². The lowest BCUT2D eigenvalue weighted by Crippen LogP contribution is -1.95. The van der Waals surface area contributed by atoms with Gasteiger partial charge in [0.15, 0.2) is 5.58 Å². The lowest BCUT2D eigenvalue weighted by molar-refractivity contribution is 0.666. The summed E-state index contributed by atoms with van der Waals surface area (Å²) in [7, 11) is 0. The first-order chi connectivity index (χ1) is 71.5. The van der Waals surface area contributed by atoms with Crippen molar-refractivity contribution >= 4 is 282 Å². The van der Waals surface area contributed by atoms with Crippen LogP contribution in [0.1, 0.15) is 0 Å². The van der Waals surface area contributed by atoms with Crippen molar-refractivity contribution in [2.45, 2.75) is 0 Å². The SMILES string of the molecule is c1ccc(-c2ccc3c4c5oc6ccccc6c5ccc4n(-c4ccc5c(c4)c4ccccc4n5-c4ccccc4)c3c2)cc1.c1ccc2c(c1)oc1c(-n3c4ccccc4c4c5oc6ccccc6c5ccc43)cccc12.c1ccc2c(c1)oc1c2ccc2c1c1ccccc1n2-c1ccc2sc3ccccc3c2c1.c1ccc2c(c1)oc1c2ccc2c1c1ccccc1n2-c1cccc2c1sc1ccccc12. The fourth-order valence-electron chi connectivity index (χ4n) is 23.5. The molecule has 672 valence electrons. The molecule has 10 nitrogen and oxygen atoms in total. The van der Waals surface area contributed by atoms with E-state index >= 15 is 0 Å². The highest BCUT2D eigenvalue weighted by Gasteiger charge is 2.28. The number of rotatable bonds is 6. The van der Waals surface area contributed by atoms with Gasteiger partial charge in [-0.25, -0.2) is 0 Å². The molecule has 0 aliphatic heterocycles. The van der Waals surface area contributed by atoms with E-state index in [-0.39, 0.29) is 0 Å². The van der Waals surface area contributed by atoms with Gasteiger partial charge in [-0.2, -0.15) is 0 Å². The molecule has 0 saturated carbocycles. The third-order valence-corrected chi connectivity index (χ3v) is 32.1. The van der Waals surface area contributed by atoms with Gasteiger partial charge in [0, 0.05) is 139 Å². The van der Waals surface area contributed by atoms with Crippen LogP contribution in [0.4, 0.5) is 0 Å². The molecule has 12 aromatic heterocycles. The lowest BCUT2D eigenvalue weighted by atomic mass is 10.0. The number of fused-ring (bicyclic) bond motifs is 40. The molecule has 34 rings (SSSR count). The van der Waals surface area contributed by atoms with Crippen LogP contribution in [-0.2, 0) is 0 Å². The van der Waals surface area contributed by atoms with Crippen LogP contribution in [0.5, 0.6) is 0 Å². The molecule has 0 amide bonds. The van der Waals surface area contributed by atoms with Gasteiger partial charge in [-0.05, 0) is 193 Å². The summed E-state index contributed by atoms with van der Waals surface area (Å²) < 4.78 is 49.5. The molecule has 0 N–H and O–H groups in total. The van der Waals surface area contributed by atoms with E-state index in [1.165, 1.54) is 150 Å². The van der Waals surface area contributed by atoms with Crippen molar-refractivity contribution in [1.82, 2.24) is 22.8 Å². The first-order valence-electron chi connectivity index (χ1n) is 48.7. The van der Waals surface area contributed by atoms with Gasteiger partial charge in [-0.15, -0.1) is 22.7 Å². The fraction of sp³-hybridized carbons (Fsp3) is 0. The molecule has 0 radical (unpaired) electrons. The Bertz CT molecular complexity index is 11100. The van der Waals surface area contributed by atoms with Crippen molar-refractivity contribution in [3.8, 4) is 39.6 Å². The standard InChI is InChI=1S/C42H26N2O.C30H17NO2.2C30H17NOS/c1-3-11-27(12-4-1)28-19-21-34-39(25-28)44(38-24-22-33-32-16-8-10-18-40(32)45-42(33)41(34)38)30-20-23-37-35(26-30)31-15-7-9-17-36(31)43(37)29-13-5-2-6-14-29;1-4-12-23-22(10-1)28-24(17-16-21-19-9-3-6-15-27(19)33-30(21)28)31(23)25-13-7-11-20-18-8-2-5-14-26(18)32-29(20)25;1-4-12-23-22(10-1)28-24(17-16-20-18-8-2-5-14-26(18)32-29(20)28)31(23)25-13-7-11-21-19-9-3-6-15-27(19)33-30(21)25;1-4-10-24-22(9-1)29-25(15-14-21-19-7-2-5-11-26(19)32-30(21)29)31(24)18-13-16-28-23(17-18)20-8-3-6-12-27(20)33-28/h1-26H;3*1-17H. The summed E-state index contributed by atoms with van der Waals surface area (Å²) >= 11 is 3.72.